The van der Waals surface area contributed by atoms with Crippen LogP contribution in [-0.4, -0.2) is 41.4 Å². The molecular weight excluding hydrogens is 210 g/mol. The van der Waals surface area contributed by atoms with Gasteiger partial charge in [-0.3, -0.25) is 0 Å². The van der Waals surface area contributed by atoms with Gasteiger partial charge in [-0.1, -0.05) is 0 Å². The second-order valence-electron chi connectivity index (χ2n) is 3.75. The minimum absolute atomic E-state index is 0.187. The van der Waals surface area contributed by atoms with Gasteiger partial charge in [0.05, 0.1) is 18.0 Å². The zero-order chi connectivity index (χ0) is 10.3. The van der Waals surface area contributed by atoms with E-state index in [1.165, 1.54) is 0 Å². The fourth-order valence-corrected chi connectivity index (χ4v) is 2.16. The molecule has 0 aromatic heterocycles. The van der Waals surface area contributed by atoms with E-state index in [4.69, 9.17) is 9.47 Å². The van der Waals surface area contributed by atoms with Gasteiger partial charge in [0.15, 0.2) is 6.10 Å². The fraction of sp³-hybridized carbons (Fsp3) is 1.00. The summed E-state index contributed by atoms with van der Waals surface area (Å²) in [5.41, 5.74) is 0. The number of hydrogen-bond donors (Lipinski definition) is 1. The van der Waals surface area contributed by atoms with Gasteiger partial charge in [0.25, 0.3) is 5.09 Å². The van der Waals surface area contributed by atoms with E-state index in [9.17, 15) is 10.1 Å². The van der Waals surface area contributed by atoms with Crippen LogP contribution in [-0.2, 0) is 14.3 Å². The topological polar surface area (TPSA) is 70.8 Å². The SMILES string of the molecule is C[C@]1(S)CO[C@@H]2[C@H](O[N+](=O)[O-])CO[C@@H]21. The molecule has 2 aliphatic rings. The first kappa shape index (κ1) is 10.0. The van der Waals surface area contributed by atoms with Crippen molar-refractivity contribution in [2.75, 3.05) is 13.2 Å². The molecule has 4 atom stereocenters. The molecule has 0 bridgehead atoms. The summed E-state index contributed by atoms with van der Waals surface area (Å²) < 4.78 is 10.4. The molecular formula is C7H11NO5S. The van der Waals surface area contributed by atoms with Crippen molar-refractivity contribution in [2.24, 2.45) is 0 Å². The molecule has 2 aliphatic heterocycles. The first-order chi connectivity index (χ1) is 6.50. The minimum Gasteiger partial charge on any atom is -0.372 e. The molecule has 2 saturated heterocycles. The molecule has 0 radical (unpaired) electrons. The molecule has 0 spiro atoms. The lowest BCUT2D eigenvalue weighted by Gasteiger charge is -2.21. The van der Waals surface area contributed by atoms with E-state index in [0.717, 1.165) is 0 Å². The van der Waals surface area contributed by atoms with Crippen LogP contribution in [0.5, 0.6) is 0 Å². The van der Waals surface area contributed by atoms with Crippen molar-refractivity contribution < 1.29 is 19.4 Å². The summed E-state index contributed by atoms with van der Waals surface area (Å²) in [6.07, 6.45) is -1.22. The zero-order valence-electron chi connectivity index (χ0n) is 7.58. The van der Waals surface area contributed by atoms with Crippen LogP contribution in [0.25, 0.3) is 0 Å². The molecule has 2 fully saturated rings. The van der Waals surface area contributed by atoms with Crippen molar-refractivity contribution in [1.29, 1.82) is 0 Å². The van der Waals surface area contributed by atoms with Crippen LogP contribution < -0.4 is 0 Å². The van der Waals surface area contributed by atoms with Crippen molar-refractivity contribution in [3.05, 3.63) is 10.1 Å². The average molecular weight is 221 g/mol. The molecule has 2 rings (SSSR count). The Labute approximate surface area is 86.0 Å². The molecule has 7 heteroatoms. The predicted octanol–water partition coefficient (Wildman–Crippen LogP) is 0.0494. The number of thiol groups is 1. The first-order valence-corrected chi connectivity index (χ1v) is 4.72. The van der Waals surface area contributed by atoms with Gasteiger partial charge in [0.1, 0.15) is 12.2 Å². The Morgan fingerprint density at radius 2 is 2.36 bits per heavy atom. The van der Waals surface area contributed by atoms with E-state index < -0.39 is 11.2 Å². The summed E-state index contributed by atoms with van der Waals surface area (Å²) in [4.78, 5) is 14.6. The maximum absolute atomic E-state index is 10.2. The van der Waals surface area contributed by atoms with E-state index in [1.807, 2.05) is 6.92 Å². The quantitative estimate of drug-likeness (QED) is 0.405. The third-order valence-electron chi connectivity index (χ3n) is 2.51. The van der Waals surface area contributed by atoms with Crippen LogP contribution in [0, 0.1) is 10.1 Å². The van der Waals surface area contributed by atoms with Crippen molar-refractivity contribution in [1.82, 2.24) is 0 Å². The summed E-state index contributed by atoms with van der Waals surface area (Å²) in [5, 5.41) is 9.35. The van der Waals surface area contributed by atoms with Gasteiger partial charge in [0, 0.05) is 0 Å². The van der Waals surface area contributed by atoms with Crippen LogP contribution in [0.2, 0.25) is 0 Å². The van der Waals surface area contributed by atoms with Gasteiger partial charge in [-0.15, -0.1) is 10.1 Å². The Hall–Kier alpha value is -0.530. The highest BCUT2D eigenvalue weighted by molar-refractivity contribution is 7.81. The standard InChI is InChI=1S/C7H11NO5S/c1-7(14)3-12-5-4(13-8(9)10)2-11-6(5)7/h4-6,14H,2-3H2,1H3/t4-,5-,6+,7+/m1/s1. The Bertz CT molecular complexity index is 258. The molecule has 6 nitrogen and oxygen atoms in total. The summed E-state index contributed by atoms with van der Waals surface area (Å²) in [6.45, 7) is 2.49. The minimum atomic E-state index is -0.812. The normalized spacial score (nSPS) is 46.3. The van der Waals surface area contributed by atoms with Crippen LogP contribution in [0.4, 0.5) is 0 Å². The molecule has 14 heavy (non-hydrogen) atoms. The van der Waals surface area contributed by atoms with Crippen LogP contribution in [0.3, 0.4) is 0 Å². The number of ether oxygens (including phenoxy) is 2. The fourth-order valence-electron chi connectivity index (χ4n) is 1.86. The molecule has 0 aromatic carbocycles. The molecule has 0 aromatic rings. The number of fused-ring (bicyclic) bond motifs is 1. The first-order valence-electron chi connectivity index (χ1n) is 4.27. The van der Waals surface area contributed by atoms with Crippen LogP contribution >= 0.6 is 12.6 Å². The molecule has 80 valence electrons. The van der Waals surface area contributed by atoms with Crippen LogP contribution in [0.1, 0.15) is 6.92 Å². The van der Waals surface area contributed by atoms with E-state index >= 15 is 0 Å². The van der Waals surface area contributed by atoms with Crippen molar-refractivity contribution in [2.45, 2.75) is 30.0 Å². The maximum Gasteiger partial charge on any atom is 0.294 e. The van der Waals surface area contributed by atoms with Gasteiger partial charge >= 0.3 is 0 Å². The zero-order valence-corrected chi connectivity index (χ0v) is 8.48. The number of rotatable bonds is 2. The second kappa shape index (κ2) is 3.25. The van der Waals surface area contributed by atoms with E-state index in [-0.39, 0.29) is 23.6 Å². The summed E-state index contributed by atoms with van der Waals surface area (Å²) >= 11 is 4.38. The van der Waals surface area contributed by atoms with Gasteiger partial charge in [-0.25, -0.2) is 0 Å². The van der Waals surface area contributed by atoms with E-state index in [2.05, 4.69) is 17.5 Å². The van der Waals surface area contributed by atoms with Gasteiger partial charge < -0.3 is 14.3 Å². The summed E-state index contributed by atoms with van der Waals surface area (Å²) in [6, 6.07) is 0. The largest absolute Gasteiger partial charge is 0.372 e. The van der Waals surface area contributed by atoms with Crippen molar-refractivity contribution in [3.8, 4) is 0 Å². The van der Waals surface area contributed by atoms with Crippen molar-refractivity contribution in [3.63, 3.8) is 0 Å². The lowest BCUT2D eigenvalue weighted by atomic mass is 10.0. The highest BCUT2D eigenvalue weighted by atomic mass is 32.1. The summed E-state index contributed by atoms with van der Waals surface area (Å²) in [7, 11) is 0. The Kier molecular flexibility index (Phi) is 2.32. The Morgan fingerprint density at radius 3 is 3.00 bits per heavy atom. The monoisotopic (exact) mass is 221 g/mol. The molecule has 0 saturated carbocycles. The molecule has 0 aliphatic carbocycles. The third-order valence-corrected chi connectivity index (χ3v) is 2.89. The van der Waals surface area contributed by atoms with Gasteiger partial charge in [-0.05, 0) is 6.92 Å². The van der Waals surface area contributed by atoms with Crippen molar-refractivity contribution >= 4 is 12.6 Å². The smallest absolute Gasteiger partial charge is 0.294 e. The Balaban J connectivity index is 2.04. The molecule has 2 heterocycles. The lowest BCUT2D eigenvalue weighted by Crippen LogP contribution is -2.37. The highest BCUT2D eigenvalue weighted by Crippen LogP contribution is 2.38. The average Bonchev–Trinajstić information content (AvgIpc) is 2.55. The van der Waals surface area contributed by atoms with E-state index in [0.29, 0.717) is 6.61 Å². The lowest BCUT2D eigenvalue weighted by molar-refractivity contribution is -0.769. The number of nitrogens with zero attached hydrogens (tertiary/aromatic N) is 1. The van der Waals surface area contributed by atoms with Crippen LogP contribution in [0.15, 0.2) is 0 Å². The summed E-state index contributed by atoms with van der Waals surface area (Å²) in [5.74, 6) is 0. The van der Waals surface area contributed by atoms with Gasteiger partial charge in [-0.2, -0.15) is 12.6 Å². The maximum atomic E-state index is 10.2. The molecule has 0 N–H and O–H groups in total. The third kappa shape index (κ3) is 1.55. The second-order valence-corrected chi connectivity index (χ2v) is 4.78. The highest BCUT2D eigenvalue weighted by Gasteiger charge is 2.53. The van der Waals surface area contributed by atoms with Gasteiger partial charge in [0.2, 0.25) is 0 Å². The number of hydrogen-bond acceptors (Lipinski definition) is 6. The predicted molar refractivity (Wildman–Crippen MR) is 48.7 cm³/mol. The Morgan fingerprint density at radius 1 is 1.64 bits per heavy atom. The molecule has 0 amide bonds. The molecule has 0 unspecified atom stereocenters. The van der Waals surface area contributed by atoms with E-state index in [1.54, 1.807) is 0 Å².